The molecule has 4 nitrogen and oxygen atoms in total. The summed E-state index contributed by atoms with van der Waals surface area (Å²) in [4.78, 5) is 17.2. The van der Waals surface area contributed by atoms with E-state index < -0.39 is 0 Å². The lowest BCUT2D eigenvalue weighted by Crippen LogP contribution is -2.21. The highest BCUT2D eigenvalue weighted by Crippen LogP contribution is 2.29. The molecule has 1 aromatic carbocycles. The first kappa shape index (κ1) is 13.2. The van der Waals surface area contributed by atoms with Gasteiger partial charge in [0.15, 0.2) is 0 Å². The monoisotopic (exact) mass is 233 g/mol. The SMILES string of the molecule is C=Nc1ccc(N(CC)CC)cc1NC(C)=O. The van der Waals surface area contributed by atoms with Crippen LogP contribution >= 0.6 is 0 Å². The molecule has 0 unspecified atom stereocenters. The number of nitrogens with zero attached hydrogens (tertiary/aromatic N) is 2. The average Bonchev–Trinajstić information content (AvgIpc) is 2.30. The number of anilines is 2. The molecular weight excluding hydrogens is 214 g/mol. The first-order chi connectivity index (χ1) is 8.12. The van der Waals surface area contributed by atoms with Gasteiger partial charge in [0.05, 0.1) is 11.4 Å². The molecule has 0 aliphatic rings. The highest BCUT2D eigenvalue weighted by atomic mass is 16.1. The molecule has 0 saturated carbocycles. The van der Waals surface area contributed by atoms with Crippen LogP contribution in [0.4, 0.5) is 17.1 Å². The van der Waals surface area contributed by atoms with E-state index in [-0.39, 0.29) is 5.91 Å². The molecule has 0 aliphatic heterocycles. The first-order valence-electron chi connectivity index (χ1n) is 5.75. The van der Waals surface area contributed by atoms with Gasteiger partial charge in [-0.05, 0) is 38.8 Å². The molecule has 0 radical (unpaired) electrons. The van der Waals surface area contributed by atoms with Crippen molar-refractivity contribution in [2.45, 2.75) is 20.8 Å². The van der Waals surface area contributed by atoms with Gasteiger partial charge in [0.1, 0.15) is 0 Å². The Morgan fingerprint density at radius 3 is 2.53 bits per heavy atom. The van der Waals surface area contributed by atoms with E-state index in [0.29, 0.717) is 11.4 Å². The Bertz CT molecular complexity index is 411. The van der Waals surface area contributed by atoms with Gasteiger partial charge in [-0.3, -0.25) is 9.79 Å². The topological polar surface area (TPSA) is 44.7 Å². The average molecular weight is 233 g/mol. The van der Waals surface area contributed by atoms with Gasteiger partial charge >= 0.3 is 0 Å². The van der Waals surface area contributed by atoms with Gasteiger partial charge in [-0.15, -0.1) is 0 Å². The van der Waals surface area contributed by atoms with Gasteiger partial charge in [-0.1, -0.05) is 0 Å². The van der Waals surface area contributed by atoms with Crippen LogP contribution in [0.2, 0.25) is 0 Å². The van der Waals surface area contributed by atoms with E-state index in [9.17, 15) is 4.79 Å². The largest absolute Gasteiger partial charge is 0.372 e. The zero-order valence-electron chi connectivity index (χ0n) is 10.7. The highest BCUT2D eigenvalue weighted by Gasteiger charge is 2.07. The third kappa shape index (κ3) is 3.31. The molecule has 0 fully saturated rings. The Labute approximate surface area is 102 Å². The summed E-state index contributed by atoms with van der Waals surface area (Å²) in [5, 5.41) is 2.77. The fourth-order valence-electron chi connectivity index (χ4n) is 1.74. The minimum atomic E-state index is -0.105. The van der Waals surface area contributed by atoms with Gasteiger partial charge < -0.3 is 10.2 Å². The minimum Gasteiger partial charge on any atom is -0.372 e. The number of carbonyl (C=O) groups excluding carboxylic acids is 1. The molecule has 0 bridgehead atoms. The van der Waals surface area contributed by atoms with Crippen LogP contribution in [0.3, 0.4) is 0 Å². The molecule has 92 valence electrons. The molecule has 17 heavy (non-hydrogen) atoms. The van der Waals surface area contributed by atoms with Gasteiger partial charge in [0.2, 0.25) is 5.91 Å². The molecule has 1 rings (SSSR count). The second kappa shape index (κ2) is 6.03. The minimum absolute atomic E-state index is 0.105. The van der Waals surface area contributed by atoms with Crippen LogP contribution in [-0.4, -0.2) is 25.7 Å². The van der Waals surface area contributed by atoms with Crippen molar-refractivity contribution in [2.24, 2.45) is 4.99 Å². The number of nitrogens with one attached hydrogen (secondary N) is 1. The first-order valence-corrected chi connectivity index (χ1v) is 5.75. The summed E-state index contributed by atoms with van der Waals surface area (Å²) < 4.78 is 0. The Kier molecular flexibility index (Phi) is 4.69. The summed E-state index contributed by atoms with van der Waals surface area (Å²) in [6.07, 6.45) is 0. The molecular formula is C13H19N3O. The molecule has 0 saturated heterocycles. The van der Waals surface area contributed by atoms with Gasteiger partial charge in [0.25, 0.3) is 0 Å². The zero-order valence-corrected chi connectivity index (χ0v) is 10.7. The summed E-state index contributed by atoms with van der Waals surface area (Å²) in [6, 6.07) is 5.78. The lowest BCUT2D eigenvalue weighted by Gasteiger charge is -2.22. The van der Waals surface area contributed by atoms with E-state index in [4.69, 9.17) is 0 Å². The van der Waals surface area contributed by atoms with Crippen molar-refractivity contribution in [2.75, 3.05) is 23.3 Å². The van der Waals surface area contributed by atoms with E-state index in [1.165, 1.54) is 6.92 Å². The molecule has 0 spiro atoms. The smallest absolute Gasteiger partial charge is 0.221 e. The molecule has 0 atom stereocenters. The second-order valence-corrected chi connectivity index (χ2v) is 3.71. The Morgan fingerprint density at radius 1 is 1.41 bits per heavy atom. The molecule has 0 aromatic heterocycles. The number of carbonyl (C=O) groups is 1. The summed E-state index contributed by atoms with van der Waals surface area (Å²) in [5.74, 6) is -0.105. The van der Waals surface area contributed by atoms with E-state index >= 15 is 0 Å². The molecule has 1 aromatic rings. The second-order valence-electron chi connectivity index (χ2n) is 3.71. The summed E-state index contributed by atoms with van der Waals surface area (Å²) in [7, 11) is 0. The fraction of sp³-hybridized carbons (Fsp3) is 0.385. The maximum absolute atomic E-state index is 11.1. The van der Waals surface area contributed by atoms with Gasteiger partial charge in [-0.25, -0.2) is 0 Å². The predicted molar refractivity (Wildman–Crippen MR) is 73.5 cm³/mol. The summed E-state index contributed by atoms with van der Waals surface area (Å²) in [5.41, 5.74) is 2.47. The van der Waals surface area contributed by atoms with Crippen LogP contribution in [0, 0.1) is 0 Å². The third-order valence-corrected chi connectivity index (χ3v) is 2.59. The van der Waals surface area contributed by atoms with Crippen LogP contribution in [0.25, 0.3) is 0 Å². The van der Waals surface area contributed by atoms with Crippen molar-refractivity contribution in [1.82, 2.24) is 0 Å². The summed E-state index contributed by atoms with van der Waals surface area (Å²) in [6.45, 7) is 11.0. The normalized spacial score (nSPS) is 9.82. The third-order valence-electron chi connectivity index (χ3n) is 2.59. The van der Waals surface area contributed by atoms with E-state index in [1.54, 1.807) is 0 Å². The molecule has 1 N–H and O–H groups in total. The highest BCUT2D eigenvalue weighted by molar-refractivity contribution is 5.93. The number of amides is 1. The zero-order chi connectivity index (χ0) is 12.8. The van der Waals surface area contributed by atoms with Crippen LogP contribution in [0.1, 0.15) is 20.8 Å². The predicted octanol–water partition coefficient (Wildman–Crippen LogP) is 2.82. The Balaban J connectivity index is 3.11. The van der Waals surface area contributed by atoms with E-state index in [1.807, 2.05) is 18.2 Å². The Hall–Kier alpha value is -1.84. The van der Waals surface area contributed by atoms with Crippen molar-refractivity contribution in [3.05, 3.63) is 18.2 Å². The van der Waals surface area contributed by atoms with E-state index in [2.05, 4.69) is 35.8 Å². The Morgan fingerprint density at radius 2 is 2.06 bits per heavy atom. The maximum atomic E-state index is 11.1. The maximum Gasteiger partial charge on any atom is 0.221 e. The lowest BCUT2D eigenvalue weighted by atomic mass is 10.2. The molecule has 0 heterocycles. The van der Waals surface area contributed by atoms with Gasteiger partial charge in [-0.2, -0.15) is 0 Å². The van der Waals surface area contributed by atoms with E-state index in [0.717, 1.165) is 18.8 Å². The number of benzene rings is 1. The number of hydrogen-bond acceptors (Lipinski definition) is 3. The molecule has 1 amide bonds. The van der Waals surface area contributed by atoms with Crippen molar-refractivity contribution in [3.8, 4) is 0 Å². The van der Waals surface area contributed by atoms with Crippen molar-refractivity contribution in [3.63, 3.8) is 0 Å². The van der Waals surface area contributed by atoms with Gasteiger partial charge in [0, 0.05) is 25.7 Å². The lowest BCUT2D eigenvalue weighted by molar-refractivity contribution is -0.114. The number of hydrogen-bond donors (Lipinski definition) is 1. The van der Waals surface area contributed by atoms with Crippen LogP contribution in [0.5, 0.6) is 0 Å². The van der Waals surface area contributed by atoms with Crippen molar-refractivity contribution in [1.29, 1.82) is 0 Å². The molecule has 0 aliphatic carbocycles. The van der Waals surface area contributed by atoms with Crippen LogP contribution < -0.4 is 10.2 Å². The van der Waals surface area contributed by atoms with Crippen LogP contribution in [0.15, 0.2) is 23.2 Å². The number of aliphatic imine (C=N–C) groups is 1. The summed E-state index contributed by atoms with van der Waals surface area (Å²) >= 11 is 0. The van der Waals surface area contributed by atoms with Crippen molar-refractivity contribution >= 4 is 29.7 Å². The number of rotatable bonds is 5. The quantitative estimate of drug-likeness (QED) is 0.795. The molecule has 4 heteroatoms. The standard InChI is InChI=1S/C13H19N3O/c1-5-16(6-2)11-7-8-12(14-4)13(9-11)15-10(3)17/h7-9H,4-6H2,1-3H3,(H,15,17). The van der Waals surface area contributed by atoms with Crippen molar-refractivity contribution < 1.29 is 4.79 Å². The fourth-order valence-corrected chi connectivity index (χ4v) is 1.74. The van der Waals surface area contributed by atoms with Crippen LogP contribution in [-0.2, 0) is 4.79 Å².